The molecule has 3 aromatic heterocycles. The molecular weight excluding hydrogens is 513 g/mol. The van der Waals surface area contributed by atoms with Crippen molar-refractivity contribution in [3.8, 4) is 17.0 Å². The Kier molecular flexibility index (Phi) is 8.30. The molecule has 13 heteroatoms. The molecule has 0 aliphatic carbocycles. The summed E-state index contributed by atoms with van der Waals surface area (Å²) in [6, 6.07) is 9.96. The van der Waals surface area contributed by atoms with Gasteiger partial charge in [-0.1, -0.05) is 12.6 Å². The Morgan fingerprint density at radius 1 is 1.15 bits per heavy atom. The fourth-order valence-corrected chi connectivity index (χ4v) is 3.76. The standard InChI is InChI=1S/C26H27F3N8O2/c1-16(27)24(38)32-19-13-20(23(39-25(28)29)14-22(19)36(4)12-11-35(2)3)34-26-30-9-8-18(33-26)17-15-31-37-10-6-5-7-21(17)37/h5-10,13-15,25H,1,11-12H2,2-4H3,(H,32,38)(H,30,33,34). The number of anilines is 4. The Labute approximate surface area is 222 Å². The second-order valence-corrected chi connectivity index (χ2v) is 8.81. The van der Waals surface area contributed by atoms with Crippen molar-refractivity contribution in [1.82, 2.24) is 24.5 Å². The van der Waals surface area contributed by atoms with Crippen LogP contribution in [0.5, 0.6) is 5.75 Å². The Bertz CT molecular complexity index is 1490. The van der Waals surface area contributed by atoms with Gasteiger partial charge in [0.25, 0.3) is 5.91 Å². The number of ether oxygens (including phenoxy) is 1. The van der Waals surface area contributed by atoms with Gasteiger partial charge in [-0.3, -0.25) is 4.79 Å². The van der Waals surface area contributed by atoms with Gasteiger partial charge in [-0.25, -0.2) is 18.9 Å². The minimum absolute atomic E-state index is 0.0249. The predicted octanol–water partition coefficient (Wildman–Crippen LogP) is 4.56. The summed E-state index contributed by atoms with van der Waals surface area (Å²) in [5.41, 5.74) is 2.57. The van der Waals surface area contributed by atoms with Crippen LogP contribution in [-0.2, 0) is 4.79 Å². The Hall–Kier alpha value is -4.65. The van der Waals surface area contributed by atoms with Crippen LogP contribution in [0.1, 0.15) is 0 Å². The lowest BCUT2D eigenvalue weighted by Crippen LogP contribution is -2.29. The number of halogens is 3. The van der Waals surface area contributed by atoms with Crippen molar-refractivity contribution in [2.24, 2.45) is 0 Å². The summed E-state index contributed by atoms with van der Waals surface area (Å²) in [6.45, 7) is 0.977. The molecule has 0 saturated carbocycles. The molecule has 0 spiro atoms. The number of alkyl halides is 2. The number of aromatic nitrogens is 4. The van der Waals surface area contributed by atoms with Crippen molar-refractivity contribution in [2.45, 2.75) is 6.61 Å². The van der Waals surface area contributed by atoms with Gasteiger partial charge in [-0.05, 0) is 38.4 Å². The van der Waals surface area contributed by atoms with Crippen LogP contribution in [-0.4, -0.2) is 71.2 Å². The van der Waals surface area contributed by atoms with Gasteiger partial charge in [0, 0.05) is 44.2 Å². The first kappa shape index (κ1) is 27.4. The number of carbonyl (C=O) groups excluding carboxylic acids is 1. The van der Waals surface area contributed by atoms with E-state index in [1.807, 2.05) is 37.2 Å². The van der Waals surface area contributed by atoms with Crippen LogP contribution in [0, 0.1) is 0 Å². The van der Waals surface area contributed by atoms with Gasteiger partial charge in [0.2, 0.25) is 5.95 Å². The molecule has 0 atom stereocenters. The molecule has 1 amide bonds. The second-order valence-electron chi connectivity index (χ2n) is 8.81. The number of nitrogens with one attached hydrogen (secondary N) is 2. The van der Waals surface area contributed by atoms with Gasteiger partial charge in [0.1, 0.15) is 0 Å². The zero-order chi connectivity index (χ0) is 28.1. The van der Waals surface area contributed by atoms with Gasteiger partial charge >= 0.3 is 6.61 Å². The Balaban J connectivity index is 1.74. The first-order valence-corrected chi connectivity index (χ1v) is 11.8. The minimum atomic E-state index is -3.14. The number of hydrogen-bond donors (Lipinski definition) is 2. The van der Waals surface area contributed by atoms with E-state index >= 15 is 0 Å². The van der Waals surface area contributed by atoms with Crippen LogP contribution in [0.2, 0.25) is 0 Å². The molecule has 0 bridgehead atoms. The molecule has 4 aromatic rings. The second kappa shape index (κ2) is 11.8. The molecule has 10 nitrogen and oxygen atoms in total. The van der Waals surface area contributed by atoms with Crippen molar-refractivity contribution in [1.29, 1.82) is 0 Å². The SMILES string of the molecule is C=C(F)C(=O)Nc1cc(Nc2nccc(-c3cnn4ccccc34)n2)c(OC(F)F)cc1N(C)CCN(C)C. The van der Waals surface area contributed by atoms with Crippen molar-refractivity contribution >= 4 is 34.4 Å². The number of nitrogens with zero attached hydrogens (tertiary/aromatic N) is 6. The maximum atomic E-state index is 13.6. The lowest BCUT2D eigenvalue weighted by Gasteiger charge is -2.26. The summed E-state index contributed by atoms with van der Waals surface area (Å²) in [7, 11) is 5.47. The summed E-state index contributed by atoms with van der Waals surface area (Å²) < 4.78 is 46.8. The molecule has 3 heterocycles. The van der Waals surface area contributed by atoms with Crippen LogP contribution in [0.25, 0.3) is 16.8 Å². The number of hydrogen-bond acceptors (Lipinski definition) is 8. The molecule has 0 radical (unpaired) electrons. The highest BCUT2D eigenvalue weighted by molar-refractivity contribution is 6.04. The van der Waals surface area contributed by atoms with Crippen molar-refractivity contribution < 1.29 is 22.7 Å². The molecule has 2 N–H and O–H groups in total. The summed E-state index contributed by atoms with van der Waals surface area (Å²) in [4.78, 5) is 24.5. The lowest BCUT2D eigenvalue weighted by atomic mass is 10.2. The van der Waals surface area contributed by atoms with E-state index in [0.717, 1.165) is 11.1 Å². The fourth-order valence-electron chi connectivity index (χ4n) is 3.76. The molecule has 0 fully saturated rings. The number of rotatable bonds is 11. The Morgan fingerprint density at radius 2 is 1.95 bits per heavy atom. The number of pyridine rings is 1. The fraction of sp³-hybridized carbons (Fsp3) is 0.231. The smallest absolute Gasteiger partial charge is 0.387 e. The van der Waals surface area contributed by atoms with Gasteiger partial charge in [0.05, 0.1) is 34.5 Å². The third kappa shape index (κ3) is 6.62. The van der Waals surface area contributed by atoms with Gasteiger partial charge in [-0.15, -0.1) is 0 Å². The van der Waals surface area contributed by atoms with Crippen LogP contribution < -0.4 is 20.3 Å². The minimum Gasteiger partial charge on any atom is -0.433 e. The molecule has 0 aliphatic rings. The quantitative estimate of drug-likeness (QED) is 0.267. The normalized spacial score (nSPS) is 11.2. The van der Waals surface area contributed by atoms with Crippen LogP contribution in [0.4, 0.5) is 36.2 Å². The van der Waals surface area contributed by atoms with E-state index in [2.05, 4.69) is 32.3 Å². The van der Waals surface area contributed by atoms with E-state index in [0.29, 0.717) is 24.5 Å². The van der Waals surface area contributed by atoms with E-state index in [-0.39, 0.29) is 23.1 Å². The van der Waals surface area contributed by atoms with Crippen molar-refractivity contribution in [3.63, 3.8) is 0 Å². The first-order chi connectivity index (χ1) is 18.6. The average Bonchev–Trinajstić information content (AvgIpc) is 3.32. The highest BCUT2D eigenvalue weighted by atomic mass is 19.3. The molecule has 204 valence electrons. The highest BCUT2D eigenvalue weighted by Crippen LogP contribution is 2.39. The third-order valence-electron chi connectivity index (χ3n) is 5.71. The molecule has 39 heavy (non-hydrogen) atoms. The third-order valence-corrected chi connectivity index (χ3v) is 5.71. The molecule has 0 aliphatic heterocycles. The van der Waals surface area contributed by atoms with Crippen LogP contribution >= 0.6 is 0 Å². The first-order valence-electron chi connectivity index (χ1n) is 11.8. The van der Waals surface area contributed by atoms with Crippen LogP contribution in [0.3, 0.4) is 0 Å². The van der Waals surface area contributed by atoms with E-state index < -0.39 is 18.3 Å². The maximum absolute atomic E-state index is 13.6. The summed E-state index contributed by atoms with van der Waals surface area (Å²) in [5, 5.41) is 9.63. The number of benzene rings is 1. The average molecular weight is 541 g/mol. The van der Waals surface area contributed by atoms with E-state index in [1.165, 1.54) is 18.3 Å². The van der Waals surface area contributed by atoms with E-state index in [9.17, 15) is 18.0 Å². The number of carbonyl (C=O) groups is 1. The van der Waals surface area contributed by atoms with Gasteiger partial charge < -0.3 is 25.2 Å². The topological polar surface area (TPSA) is 99.9 Å². The zero-order valence-electron chi connectivity index (χ0n) is 21.5. The van der Waals surface area contributed by atoms with Crippen molar-refractivity contribution in [3.05, 3.63) is 67.4 Å². The number of likely N-dealkylation sites (N-methyl/N-ethyl adjacent to an activating group) is 2. The summed E-state index contributed by atoms with van der Waals surface area (Å²) >= 11 is 0. The van der Waals surface area contributed by atoms with E-state index in [1.54, 1.807) is 34.9 Å². The molecule has 4 rings (SSSR count). The van der Waals surface area contributed by atoms with Gasteiger partial charge in [0.15, 0.2) is 11.6 Å². The molecule has 0 saturated heterocycles. The zero-order valence-corrected chi connectivity index (χ0v) is 21.5. The van der Waals surface area contributed by atoms with Gasteiger partial charge in [-0.2, -0.15) is 13.9 Å². The Morgan fingerprint density at radius 3 is 2.67 bits per heavy atom. The molecular formula is C26H27F3N8O2. The predicted molar refractivity (Wildman–Crippen MR) is 143 cm³/mol. The molecule has 1 aromatic carbocycles. The monoisotopic (exact) mass is 540 g/mol. The largest absolute Gasteiger partial charge is 0.433 e. The summed E-state index contributed by atoms with van der Waals surface area (Å²) in [6.07, 6.45) is 4.96. The lowest BCUT2D eigenvalue weighted by molar-refractivity contribution is -0.114. The number of amides is 1. The van der Waals surface area contributed by atoms with E-state index in [4.69, 9.17) is 4.74 Å². The van der Waals surface area contributed by atoms with Crippen LogP contribution in [0.15, 0.2) is 67.4 Å². The number of fused-ring (bicyclic) bond motifs is 1. The highest BCUT2D eigenvalue weighted by Gasteiger charge is 2.20. The summed E-state index contributed by atoms with van der Waals surface area (Å²) in [5.74, 6) is -2.43. The molecule has 0 unspecified atom stereocenters. The maximum Gasteiger partial charge on any atom is 0.387 e. The van der Waals surface area contributed by atoms with Crippen molar-refractivity contribution in [2.75, 3.05) is 49.8 Å².